The topological polar surface area (TPSA) is 71.8 Å². The summed E-state index contributed by atoms with van der Waals surface area (Å²) in [6.07, 6.45) is 1.89. The Kier molecular flexibility index (Phi) is 5.38. The number of rotatable bonds is 4. The summed E-state index contributed by atoms with van der Waals surface area (Å²) in [4.78, 5) is 28.2. The van der Waals surface area contributed by atoms with Gasteiger partial charge in [-0.2, -0.15) is 0 Å². The second-order valence-corrected chi connectivity index (χ2v) is 8.53. The fourth-order valence-corrected chi connectivity index (χ4v) is 4.63. The van der Waals surface area contributed by atoms with E-state index in [0.29, 0.717) is 22.0 Å². The van der Waals surface area contributed by atoms with Gasteiger partial charge in [-0.15, -0.1) is 0 Å². The first-order valence-corrected chi connectivity index (χ1v) is 11.0. The number of hydrogen-bond acceptors (Lipinski definition) is 4. The summed E-state index contributed by atoms with van der Waals surface area (Å²) >= 11 is 6.01. The Labute approximate surface area is 201 Å². The van der Waals surface area contributed by atoms with Crippen LogP contribution in [0.5, 0.6) is 5.75 Å². The summed E-state index contributed by atoms with van der Waals surface area (Å²) in [6, 6.07) is 20.4. The van der Waals surface area contributed by atoms with E-state index in [1.807, 2.05) is 42.1 Å². The fourth-order valence-electron chi connectivity index (χ4n) is 4.51. The highest BCUT2D eigenvalue weighted by molar-refractivity contribution is 6.52. The summed E-state index contributed by atoms with van der Waals surface area (Å²) in [6.45, 7) is 0. The van der Waals surface area contributed by atoms with Crippen molar-refractivity contribution >= 4 is 45.6 Å². The lowest BCUT2D eigenvalue weighted by atomic mass is 9.94. The van der Waals surface area contributed by atoms with Gasteiger partial charge in [0.1, 0.15) is 11.5 Å². The molecule has 3 aromatic carbocycles. The maximum absolute atomic E-state index is 13.4. The Morgan fingerprint density at radius 1 is 1.00 bits per heavy atom. The standard InChI is InChI=1S/C27H21ClN2O4/c1-29-15-21(20-8-3-4-9-22(20)29)24-23(25(31)16-10-12-17(28)13-11-16)26(32)27(33)30(24)18-6-5-7-19(14-18)34-2/h3-15,24,31H,1-2H3/b25-23+. The maximum Gasteiger partial charge on any atom is 0.300 e. The molecule has 1 aliphatic heterocycles. The van der Waals surface area contributed by atoms with Crippen molar-refractivity contribution in [2.45, 2.75) is 6.04 Å². The SMILES string of the molecule is COc1cccc(N2C(=O)C(=O)/C(=C(/O)c3ccc(Cl)cc3)C2c2cn(C)c3ccccc23)c1. The van der Waals surface area contributed by atoms with Crippen LogP contribution in [0.25, 0.3) is 16.7 Å². The molecule has 0 bridgehead atoms. The number of Topliss-reactive ketones (excluding diaryl/α,β-unsaturated/α-hetero) is 1. The summed E-state index contributed by atoms with van der Waals surface area (Å²) < 4.78 is 7.29. The number of carbonyl (C=O) groups excluding carboxylic acids is 2. The van der Waals surface area contributed by atoms with Crippen LogP contribution in [0.4, 0.5) is 5.69 Å². The molecule has 0 radical (unpaired) electrons. The van der Waals surface area contributed by atoms with Crippen LogP contribution in [0, 0.1) is 0 Å². The second-order valence-electron chi connectivity index (χ2n) is 8.09. The van der Waals surface area contributed by atoms with Gasteiger partial charge in [-0.3, -0.25) is 14.5 Å². The number of para-hydroxylation sites is 1. The lowest BCUT2D eigenvalue weighted by Gasteiger charge is -2.25. The Morgan fingerprint density at radius 2 is 1.74 bits per heavy atom. The molecule has 1 N–H and O–H groups in total. The Balaban J connectivity index is 1.80. The number of aryl methyl sites for hydroxylation is 1. The maximum atomic E-state index is 13.4. The van der Waals surface area contributed by atoms with Crippen molar-refractivity contribution in [3.05, 3.63) is 101 Å². The molecular weight excluding hydrogens is 452 g/mol. The van der Waals surface area contributed by atoms with Gasteiger partial charge in [0.25, 0.3) is 11.7 Å². The molecule has 1 saturated heterocycles. The van der Waals surface area contributed by atoms with Crippen LogP contribution in [0.1, 0.15) is 17.2 Å². The molecule has 34 heavy (non-hydrogen) atoms. The van der Waals surface area contributed by atoms with Gasteiger partial charge in [0.05, 0.1) is 18.7 Å². The zero-order valence-electron chi connectivity index (χ0n) is 18.5. The normalized spacial score (nSPS) is 17.5. The lowest BCUT2D eigenvalue weighted by Crippen LogP contribution is -2.29. The molecule has 6 nitrogen and oxygen atoms in total. The molecule has 0 saturated carbocycles. The minimum atomic E-state index is -0.839. The highest BCUT2D eigenvalue weighted by Gasteiger charge is 2.48. The molecule has 5 rings (SSSR count). The number of fused-ring (bicyclic) bond motifs is 1. The average Bonchev–Trinajstić information content (AvgIpc) is 3.32. The second kappa shape index (κ2) is 8.39. The van der Waals surface area contributed by atoms with Crippen LogP contribution >= 0.6 is 11.6 Å². The van der Waals surface area contributed by atoms with E-state index in [4.69, 9.17) is 16.3 Å². The van der Waals surface area contributed by atoms with Crippen LogP contribution in [0.3, 0.4) is 0 Å². The van der Waals surface area contributed by atoms with E-state index in [9.17, 15) is 14.7 Å². The quantitative estimate of drug-likeness (QED) is 0.243. The summed E-state index contributed by atoms with van der Waals surface area (Å²) in [7, 11) is 3.44. The van der Waals surface area contributed by atoms with E-state index in [-0.39, 0.29) is 11.3 Å². The van der Waals surface area contributed by atoms with Crippen LogP contribution in [-0.2, 0) is 16.6 Å². The molecule has 1 aliphatic rings. The van der Waals surface area contributed by atoms with Crippen LogP contribution in [0.2, 0.25) is 5.02 Å². The number of aliphatic hydroxyl groups is 1. The number of carbonyl (C=O) groups is 2. The third-order valence-corrected chi connectivity index (χ3v) is 6.37. The van der Waals surface area contributed by atoms with Crippen molar-refractivity contribution in [1.82, 2.24) is 4.57 Å². The molecular formula is C27H21ClN2O4. The molecule has 1 atom stereocenters. The number of ether oxygens (including phenoxy) is 1. The largest absolute Gasteiger partial charge is 0.507 e. The number of aromatic nitrogens is 1. The highest BCUT2D eigenvalue weighted by atomic mass is 35.5. The minimum Gasteiger partial charge on any atom is -0.507 e. The van der Waals surface area contributed by atoms with Gasteiger partial charge in [-0.1, -0.05) is 35.9 Å². The van der Waals surface area contributed by atoms with Crippen molar-refractivity contribution < 1.29 is 19.4 Å². The predicted octanol–water partition coefficient (Wildman–Crippen LogP) is 5.47. The molecule has 1 unspecified atom stereocenters. The average molecular weight is 473 g/mol. The monoisotopic (exact) mass is 472 g/mol. The third kappa shape index (κ3) is 3.43. The number of nitrogens with zero attached hydrogens (tertiary/aromatic N) is 2. The third-order valence-electron chi connectivity index (χ3n) is 6.12. The Morgan fingerprint density at radius 3 is 2.47 bits per heavy atom. The molecule has 2 heterocycles. The minimum absolute atomic E-state index is 0.0199. The molecule has 170 valence electrons. The Bertz CT molecular complexity index is 1470. The zero-order chi connectivity index (χ0) is 24.0. The number of amides is 1. The number of aliphatic hydroxyl groups excluding tert-OH is 1. The number of methoxy groups -OCH3 is 1. The van der Waals surface area contributed by atoms with Gasteiger partial charge in [0.15, 0.2) is 0 Å². The van der Waals surface area contributed by atoms with Crippen molar-refractivity contribution in [2.75, 3.05) is 12.0 Å². The van der Waals surface area contributed by atoms with E-state index in [1.54, 1.807) is 48.5 Å². The smallest absolute Gasteiger partial charge is 0.300 e. The first-order valence-electron chi connectivity index (χ1n) is 10.7. The zero-order valence-corrected chi connectivity index (χ0v) is 19.3. The van der Waals surface area contributed by atoms with Crippen molar-refractivity contribution in [1.29, 1.82) is 0 Å². The number of anilines is 1. The van der Waals surface area contributed by atoms with Gasteiger partial charge < -0.3 is 14.4 Å². The molecule has 1 amide bonds. The first kappa shape index (κ1) is 21.8. The fraction of sp³-hybridized carbons (Fsp3) is 0.111. The van der Waals surface area contributed by atoms with Gasteiger partial charge in [-0.25, -0.2) is 0 Å². The first-order chi connectivity index (χ1) is 16.4. The Hall–Kier alpha value is -4.03. The van der Waals surface area contributed by atoms with E-state index >= 15 is 0 Å². The molecule has 4 aromatic rings. The van der Waals surface area contributed by atoms with E-state index in [2.05, 4.69) is 0 Å². The van der Waals surface area contributed by atoms with Gasteiger partial charge in [0.2, 0.25) is 0 Å². The summed E-state index contributed by atoms with van der Waals surface area (Å²) in [5.41, 5.74) is 2.59. The van der Waals surface area contributed by atoms with E-state index in [0.717, 1.165) is 16.5 Å². The molecule has 7 heteroatoms. The predicted molar refractivity (Wildman–Crippen MR) is 132 cm³/mol. The number of benzene rings is 3. The summed E-state index contributed by atoms with van der Waals surface area (Å²) in [5.74, 6) is -1.18. The van der Waals surface area contributed by atoms with Gasteiger partial charge >= 0.3 is 0 Å². The number of hydrogen-bond donors (Lipinski definition) is 1. The van der Waals surface area contributed by atoms with Crippen LogP contribution < -0.4 is 9.64 Å². The van der Waals surface area contributed by atoms with Crippen LogP contribution in [-0.4, -0.2) is 28.5 Å². The van der Waals surface area contributed by atoms with Crippen LogP contribution in [0.15, 0.2) is 84.6 Å². The van der Waals surface area contributed by atoms with E-state index < -0.39 is 17.7 Å². The van der Waals surface area contributed by atoms with Gasteiger partial charge in [0, 0.05) is 52.1 Å². The van der Waals surface area contributed by atoms with Crippen molar-refractivity contribution in [3.8, 4) is 5.75 Å². The molecule has 0 aliphatic carbocycles. The molecule has 1 fully saturated rings. The van der Waals surface area contributed by atoms with E-state index in [1.165, 1.54) is 12.0 Å². The highest BCUT2D eigenvalue weighted by Crippen LogP contribution is 2.45. The number of ketones is 1. The molecule has 1 aromatic heterocycles. The number of halogens is 1. The lowest BCUT2D eigenvalue weighted by molar-refractivity contribution is -0.132. The van der Waals surface area contributed by atoms with Crippen molar-refractivity contribution in [3.63, 3.8) is 0 Å². The van der Waals surface area contributed by atoms with Crippen molar-refractivity contribution in [2.24, 2.45) is 7.05 Å². The van der Waals surface area contributed by atoms with Gasteiger partial charge in [-0.05, 0) is 42.5 Å². The molecule has 0 spiro atoms. The summed E-state index contributed by atoms with van der Waals surface area (Å²) in [5, 5.41) is 12.7.